The Balaban J connectivity index is 0.000000252. The molecule has 0 saturated carbocycles. The maximum absolute atomic E-state index is 10.2. The molecule has 0 aromatic rings. The van der Waals surface area contributed by atoms with Crippen molar-refractivity contribution in [2.45, 2.75) is 26.2 Å². The zero-order valence-electron chi connectivity index (χ0n) is 8.25. The molecule has 1 saturated heterocycles. The maximum atomic E-state index is 10.2. The van der Waals surface area contributed by atoms with Gasteiger partial charge in [-0.1, -0.05) is 19.4 Å². The average molecular weight is 185 g/mol. The van der Waals surface area contributed by atoms with Crippen LogP contribution in [0.2, 0.25) is 0 Å². The smallest absolute Gasteiger partial charge is 0.307 e. The van der Waals surface area contributed by atoms with Gasteiger partial charge in [0.15, 0.2) is 0 Å². The van der Waals surface area contributed by atoms with Crippen LogP contribution in [-0.2, 0) is 4.79 Å². The molecule has 3 nitrogen and oxygen atoms in total. The molecule has 2 N–H and O–H groups in total. The highest BCUT2D eigenvalue weighted by atomic mass is 16.4. The summed E-state index contributed by atoms with van der Waals surface area (Å²) in [5, 5.41) is 11.3. The zero-order chi connectivity index (χ0) is 10.1. The first kappa shape index (κ1) is 12.2. The first-order chi connectivity index (χ1) is 6.22. The number of allylic oxidation sites excluding steroid dienone is 1. The molecule has 1 fully saturated rings. The van der Waals surface area contributed by atoms with Gasteiger partial charge in [0.1, 0.15) is 0 Å². The van der Waals surface area contributed by atoms with E-state index in [4.69, 9.17) is 5.11 Å². The van der Waals surface area contributed by atoms with Crippen molar-refractivity contribution in [3.8, 4) is 0 Å². The average Bonchev–Trinajstić information content (AvgIpc) is 2.58. The van der Waals surface area contributed by atoms with Crippen LogP contribution < -0.4 is 5.32 Å². The first-order valence-corrected chi connectivity index (χ1v) is 4.76. The molecule has 13 heavy (non-hydrogen) atoms. The molecule has 0 aromatic carbocycles. The number of carboxylic acids is 1. The quantitative estimate of drug-likeness (QED) is 0.657. The number of aliphatic carboxylic acids is 1. The minimum absolute atomic E-state index is 0.130. The molecule has 0 aliphatic carbocycles. The first-order valence-electron chi connectivity index (χ1n) is 4.76. The van der Waals surface area contributed by atoms with Crippen LogP contribution in [0.1, 0.15) is 26.2 Å². The summed E-state index contributed by atoms with van der Waals surface area (Å²) in [6.45, 7) is 7.20. The van der Waals surface area contributed by atoms with Crippen molar-refractivity contribution < 1.29 is 9.90 Å². The zero-order valence-corrected chi connectivity index (χ0v) is 8.25. The van der Waals surface area contributed by atoms with E-state index in [0.717, 1.165) is 19.4 Å². The SMILES string of the molecule is C=CCCC.O=C(O)C1CCNC1. The molecule has 1 rings (SSSR count). The van der Waals surface area contributed by atoms with E-state index in [-0.39, 0.29) is 5.92 Å². The number of carboxylic acid groups (broad SMARTS) is 1. The van der Waals surface area contributed by atoms with Gasteiger partial charge in [0.25, 0.3) is 0 Å². The Morgan fingerprint density at radius 2 is 2.46 bits per heavy atom. The van der Waals surface area contributed by atoms with Gasteiger partial charge < -0.3 is 10.4 Å². The highest BCUT2D eigenvalue weighted by Crippen LogP contribution is 2.05. The number of hydrogen-bond donors (Lipinski definition) is 2. The third kappa shape index (κ3) is 6.34. The molecule has 3 heteroatoms. The third-order valence-corrected chi connectivity index (χ3v) is 1.90. The molecule has 0 spiro atoms. The van der Waals surface area contributed by atoms with Crippen molar-refractivity contribution in [1.82, 2.24) is 5.32 Å². The fourth-order valence-corrected chi connectivity index (χ4v) is 1.07. The molecule has 1 unspecified atom stereocenters. The second-order valence-electron chi connectivity index (χ2n) is 3.11. The fraction of sp³-hybridized carbons (Fsp3) is 0.700. The molecule has 0 aromatic heterocycles. The lowest BCUT2D eigenvalue weighted by molar-refractivity contribution is -0.140. The molecular formula is C10H19NO2. The van der Waals surface area contributed by atoms with Crippen LogP contribution in [0, 0.1) is 5.92 Å². The van der Waals surface area contributed by atoms with Crippen LogP contribution in [0.4, 0.5) is 0 Å². The molecule has 1 aliphatic heterocycles. The minimum atomic E-state index is -0.671. The Morgan fingerprint density at radius 3 is 2.62 bits per heavy atom. The van der Waals surface area contributed by atoms with Crippen LogP contribution in [0.25, 0.3) is 0 Å². The van der Waals surface area contributed by atoms with E-state index in [1.54, 1.807) is 0 Å². The fourth-order valence-electron chi connectivity index (χ4n) is 1.07. The molecule has 0 amide bonds. The predicted octanol–water partition coefficient (Wildman–Crippen LogP) is 1.65. The summed E-state index contributed by atoms with van der Waals surface area (Å²) in [5.41, 5.74) is 0. The Kier molecular flexibility index (Phi) is 7.30. The molecular weight excluding hydrogens is 166 g/mol. The van der Waals surface area contributed by atoms with E-state index in [1.807, 2.05) is 6.08 Å². The minimum Gasteiger partial charge on any atom is -0.481 e. The van der Waals surface area contributed by atoms with Crippen molar-refractivity contribution in [3.63, 3.8) is 0 Å². The van der Waals surface area contributed by atoms with E-state index in [2.05, 4.69) is 18.8 Å². The third-order valence-electron chi connectivity index (χ3n) is 1.90. The van der Waals surface area contributed by atoms with E-state index >= 15 is 0 Å². The summed E-state index contributed by atoms with van der Waals surface area (Å²) < 4.78 is 0. The van der Waals surface area contributed by atoms with Gasteiger partial charge in [-0.05, 0) is 19.4 Å². The summed E-state index contributed by atoms with van der Waals surface area (Å²) in [6.07, 6.45) is 5.10. The van der Waals surface area contributed by atoms with Gasteiger partial charge in [0.05, 0.1) is 5.92 Å². The van der Waals surface area contributed by atoms with Crippen molar-refractivity contribution in [2.75, 3.05) is 13.1 Å². The number of unbranched alkanes of at least 4 members (excludes halogenated alkanes) is 1. The molecule has 1 heterocycles. The second kappa shape index (κ2) is 7.80. The topological polar surface area (TPSA) is 49.3 Å². The summed E-state index contributed by atoms with van der Waals surface area (Å²) in [7, 11) is 0. The van der Waals surface area contributed by atoms with Crippen molar-refractivity contribution in [1.29, 1.82) is 0 Å². The van der Waals surface area contributed by atoms with Gasteiger partial charge in [0, 0.05) is 6.54 Å². The van der Waals surface area contributed by atoms with Crippen LogP contribution in [-0.4, -0.2) is 24.2 Å². The summed E-state index contributed by atoms with van der Waals surface area (Å²) in [4.78, 5) is 10.2. The Bertz CT molecular complexity index is 151. The Labute approximate surface area is 79.8 Å². The standard InChI is InChI=1S/C5H9NO2.C5H10/c7-5(8)4-1-2-6-3-4;1-3-5-4-2/h4,6H,1-3H2,(H,7,8);3H,1,4-5H2,2H3. The van der Waals surface area contributed by atoms with Crippen molar-refractivity contribution in [3.05, 3.63) is 12.7 Å². The molecule has 76 valence electrons. The maximum Gasteiger partial charge on any atom is 0.307 e. The number of rotatable bonds is 3. The van der Waals surface area contributed by atoms with Gasteiger partial charge >= 0.3 is 5.97 Å². The normalized spacial score (nSPS) is 20.2. The molecule has 0 bridgehead atoms. The van der Waals surface area contributed by atoms with Crippen LogP contribution >= 0.6 is 0 Å². The van der Waals surface area contributed by atoms with Gasteiger partial charge in [0.2, 0.25) is 0 Å². The van der Waals surface area contributed by atoms with Crippen LogP contribution in [0.5, 0.6) is 0 Å². The van der Waals surface area contributed by atoms with Gasteiger partial charge in [-0.25, -0.2) is 0 Å². The van der Waals surface area contributed by atoms with Gasteiger partial charge in [-0.15, -0.1) is 6.58 Å². The molecule has 0 radical (unpaired) electrons. The Hall–Kier alpha value is -0.830. The van der Waals surface area contributed by atoms with Crippen molar-refractivity contribution in [2.24, 2.45) is 5.92 Å². The number of nitrogens with one attached hydrogen (secondary N) is 1. The highest BCUT2D eigenvalue weighted by molar-refractivity contribution is 5.70. The summed E-state index contributed by atoms with van der Waals surface area (Å²) in [6, 6.07) is 0. The van der Waals surface area contributed by atoms with E-state index in [9.17, 15) is 4.79 Å². The van der Waals surface area contributed by atoms with Gasteiger partial charge in [-0.3, -0.25) is 4.79 Å². The monoisotopic (exact) mass is 185 g/mol. The second-order valence-corrected chi connectivity index (χ2v) is 3.11. The van der Waals surface area contributed by atoms with Gasteiger partial charge in [-0.2, -0.15) is 0 Å². The lowest BCUT2D eigenvalue weighted by Gasteiger charge is -1.96. The summed E-state index contributed by atoms with van der Waals surface area (Å²) >= 11 is 0. The molecule has 1 atom stereocenters. The van der Waals surface area contributed by atoms with E-state index in [0.29, 0.717) is 6.54 Å². The van der Waals surface area contributed by atoms with E-state index in [1.165, 1.54) is 6.42 Å². The van der Waals surface area contributed by atoms with Crippen LogP contribution in [0.3, 0.4) is 0 Å². The lowest BCUT2D eigenvalue weighted by Crippen LogP contribution is -2.16. The largest absolute Gasteiger partial charge is 0.481 e. The lowest BCUT2D eigenvalue weighted by atomic mass is 10.1. The number of hydrogen-bond acceptors (Lipinski definition) is 2. The van der Waals surface area contributed by atoms with E-state index < -0.39 is 5.97 Å². The van der Waals surface area contributed by atoms with Crippen molar-refractivity contribution >= 4 is 5.97 Å². The highest BCUT2D eigenvalue weighted by Gasteiger charge is 2.20. The Morgan fingerprint density at radius 1 is 1.77 bits per heavy atom. The van der Waals surface area contributed by atoms with Crippen LogP contribution in [0.15, 0.2) is 12.7 Å². The molecule has 1 aliphatic rings. The number of carbonyl (C=O) groups is 1. The summed E-state index contributed by atoms with van der Waals surface area (Å²) in [5.74, 6) is -0.801. The predicted molar refractivity (Wildman–Crippen MR) is 53.7 cm³/mol.